The van der Waals surface area contributed by atoms with Crippen LogP contribution in [0, 0.1) is 0 Å². The molecular formula is C8H6BrCl2NO. The first-order valence-electron chi connectivity index (χ1n) is 3.40. The van der Waals surface area contributed by atoms with Crippen molar-refractivity contribution in [3.8, 4) is 5.75 Å². The van der Waals surface area contributed by atoms with E-state index in [1.54, 1.807) is 18.5 Å². The minimum Gasteiger partial charge on any atom is -0.486 e. The van der Waals surface area contributed by atoms with E-state index in [0.717, 1.165) is 4.47 Å². The first-order valence-corrected chi connectivity index (χ1v) is 5.01. The van der Waals surface area contributed by atoms with Crippen LogP contribution in [0.3, 0.4) is 0 Å². The predicted molar refractivity (Wildman–Crippen MR) is 57.2 cm³/mol. The van der Waals surface area contributed by atoms with Crippen molar-refractivity contribution in [3.63, 3.8) is 0 Å². The minimum atomic E-state index is 0.253. The molecule has 2 nitrogen and oxygen atoms in total. The maximum absolute atomic E-state index is 5.63. The van der Waals surface area contributed by atoms with E-state index in [-0.39, 0.29) is 6.61 Å². The van der Waals surface area contributed by atoms with E-state index in [0.29, 0.717) is 10.8 Å². The lowest BCUT2D eigenvalue weighted by Gasteiger charge is -2.03. The van der Waals surface area contributed by atoms with Crippen LogP contribution in [0.4, 0.5) is 0 Å². The van der Waals surface area contributed by atoms with Gasteiger partial charge in [0.1, 0.15) is 12.4 Å². The molecule has 0 bridgehead atoms. The second kappa shape index (κ2) is 5.47. The first-order chi connectivity index (χ1) is 6.22. The summed E-state index contributed by atoms with van der Waals surface area (Å²) in [5.74, 6) is 0.644. The average molecular weight is 283 g/mol. The maximum Gasteiger partial charge on any atom is 0.139 e. The molecule has 1 aromatic rings. The van der Waals surface area contributed by atoms with Crippen molar-refractivity contribution < 1.29 is 4.74 Å². The molecule has 1 rings (SSSR count). The van der Waals surface area contributed by atoms with Gasteiger partial charge in [-0.25, -0.2) is 0 Å². The summed E-state index contributed by atoms with van der Waals surface area (Å²) < 4.78 is 6.12. The normalized spacial score (nSPS) is 11.5. The monoisotopic (exact) mass is 281 g/mol. The number of ether oxygens (including phenoxy) is 1. The summed E-state index contributed by atoms with van der Waals surface area (Å²) in [5, 5.41) is 0.446. The van der Waals surface area contributed by atoms with Crippen LogP contribution in [-0.4, -0.2) is 11.6 Å². The zero-order valence-electron chi connectivity index (χ0n) is 6.51. The van der Waals surface area contributed by atoms with Crippen LogP contribution in [0.2, 0.25) is 0 Å². The molecule has 0 atom stereocenters. The molecule has 0 aliphatic rings. The lowest BCUT2D eigenvalue weighted by atomic mass is 10.5. The third-order valence-electron chi connectivity index (χ3n) is 1.17. The molecule has 0 amide bonds. The van der Waals surface area contributed by atoms with E-state index in [4.69, 9.17) is 27.9 Å². The summed E-state index contributed by atoms with van der Waals surface area (Å²) in [6.45, 7) is 0.253. The Labute approximate surface area is 94.6 Å². The van der Waals surface area contributed by atoms with Gasteiger partial charge in [-0.05, 0) is 22.0 Å². The molecule has 70 valence electrons. The van der Waals surface area contributed by atoms with E-state index < -0.39 is 0 Å². The fourth-order valence-corrected chi connectivity index (χ4v) is 1.12. The summed E-state index contributed by atoms with van der Waals surface area (Å²) in [4.78, 5) is 3.92. The van der Waals surface area contributed by atoms with Crippen molar-refractivity contribution in [2.24, 2.45) is 0 Å². The van der Waals surface area contributed by atoms with E-state index in [9.17, 15) is 0 Å². The molecule has 0 fully saturated rings. The SMILES string of the molecule is ClC=C(Cl)COc1cncc(Br)c1. The predicted octanol–water partition coefficient (Wildman–Crippen LogP) is 3.54. The molecule has 5 heteroatoms. The van der Waals surface area contributed by atoms with Gasteiger partial charge < -0.3 is 4.74 Å². The van der Waals surface area contributed by atoms with Crippen molar-refractivity contribution in [2.45, 2.75) is 0 Å². The summed E-state index contributed by atoms with van der Waals surface area (Å²) >= 11 is 14.2. The van der Waals surface area contributed by atoms with Gasteiger partial charge in [0.2, 0.25) is 0 Å². The van der Waals surface area contributed by atoms with Crippen LogP contribution >= 0.6 is 39.1 Å². The third kappa shape index (κ3) is 3.98. The molecule has 0 aromatic carbocycles. The Morgan fingerprint density at radius 2 is 2.38 bits per heavy atom. The Hall–Kier alpha value is -0.250. The minimum absolute atomic E-state index is 0.253. The molecule has 1 aromatic heterocycles. The van der Waals surface area contributed by atoms with Crippen molar-refractivity contribution in [3.05, 3.63) is 33.5 Å². The van der Waals surface area contributed by atoms with E-state index in [1.165, 1.54) is 5.54 Å². The van der Waals surface area contributed by atoms with Crippen LogP contribution in [-0.2, 0) is 0 Å². The molecule has 0 saturated heterocycles. The number of hydrogen-bond acceptors (Lipinski definition) is 2. The van der Waals surface area contributed by atoms with Gasteiger partial charge in [0.05, 0.1) is 11.2 Å². The van der Waals surface area contributed by atoms with E-state index in [1.807, 2.05) is 0 Å². The second-order valence-electron chi connectivity index (χ2n) is 2.18. The highest BCUT2D eigenvalue weighted by Crippen LogP contribution is 2.17. The fourth-order valence-electron chi connectivity index (χ4n) is 0.655. The molecule has 0 unspecified atom stereocenters. The smallest absolute Gasteiger partial charge is 0.139 e. The Morgan fingerprint density at radius 1 is 1.62 bits per heavy atom. The first kappa shape index (κ1) is 10.8. The summed E-state index contributed by atoms with van der Waals surface area (Å²) in [6, 6.07) is 1.80. The number of halogens is 3. The zero-order valence-corrected chi connectivity index (χ0v) is 9.60. The molecule has 0 spiro atoms. The molecule has 13 heavy (non-hydrogen) atoms. The molecule has 0 radical (unpaired) electrons. The number of aromatic nitrogens is 1. The standard InChI is InChI=1S/C8H6BrCl2NO/c9-6-1-8(4-12-3-6)13-5-7(11)2-10/h1-4H,5H2. The van der Waals surface area contributed by atoms with Gasteiger partial charge >= 0.3 is 0 Å². The quantitative estimate of drug-likeness (QED) is 0.846. The zero-order chi connectivity index (χ0) is 9.68. The van der Waals surface area contributed by atoms with Crippen LogP contribution in [0.5, 0.6) is 5.75 Å². The highest BCUT2D eigenvalue weighted by Gasteiger charge is 1.96. The van der Waals surface area contributed by atoms with Crippen LogP contribution < -0.4 is 4.74 Å². The summed E-state index contributed by atoms with van der Waals surface area (Å²) in [6.07, 6.45) is 3.27. The van der Waals surface area contributed by atoms with E-state index >= 15 is 0 Å². The lowest BCUT2D eigenvalue weighted by molar-refractivity contribution is 0.357. The molecule has 0 aliphatic carbocycles. The highest BCUT2D eigenvalue weighted by atomic mass is 79.9. The van der Waals surface area contributed by atoms with Gasteiger partial charge in [-0.1, -0.05) is 23.2 Å². The van der Waals surface area contributed by atoms with Crippen molar-refractivity contribution in [1.82, 2.24) is 4.98 Å². The second-order valence-corrected chi connectivity index (χ2v) is 3.80. The number of nitrogens with zero attached hydrogens (tertiary/aromatic N) is 1. The van der Waals surface area contributed by atoms with Gasteiger partial charge in [-0.3, -0.25) is 4.98 Å². The van der Waals surface area contributed by atoms with Crippen LogP contribution in [0.25, 0.3) is 0 Å². The Morgan fingerprint density at radius 3 is 3.00 bits per heavy atom. The topological polar surface area (TPSA) is 22.1 Å². The Bertz CT molecular complexity index is 317. The summed E-state index contributed by atoms with van der Waals surface area (Å²) in [7, 11) is 0. The van der Waals surface area contributed by atoms with Crippen molar-refractivity contribution in [1.29, 1.82) is 0 Å². The maximum atomic E-state index is 5.63. The average Bonchev–Trinajstić information content (AvgIpc) is 2.14. The number of pyridine rings is 1. The van der Waals surface area contributed by atoms with Crippen LogP contribution in [0.1, 0.15) is 0 Å². The van der Waals surface area contributed by atoms with Gasteiger partial charge in [0, 0.05) is 16.2 Å². The van der Waals surface area contributed by atoms with Crippen molar-refractivity contribution >= 4 is 39.1 Å². The fraction of sp³-hybridized carbons (Fsp3) is 0.125. The molecule has 0 aliphatic heterocycles. The molecule has 1 heterocycles. The van der Waals surface area contributed by atoms with Crippen LogP contribution in [0.15, 0.2) is 33.5 Å². The third-order valence-corrected chi connectivity index (χ3v) is 2.20. The Kier molecular flexibility index (Phi) is 4.56. The van der Waals surface area contributed by atoms with Gasteiger partial charge in [0.15, 0.2) is 0 Å². The van der Waals surface area contributed by atoms with E-state index in [2.05, 4.69) is 20.9 Å². The molecule has 0 N–H and O–H groups in total. The molecule has 0 saturated carbocycles. The lowest BCUT2D eigenvalue weighted by Crippen LogP contribution is -1.96. The highest BCUT2D eigenvalue weighted by molar-refractivity contribution is 9.10. The summed E-state index contributed by atoms with van der Waals surface area (Å²) in [5.41, 5.74) is 1.27. The Balaban J connectivity index is 2.55. The van der Waals surface area contributed by atoms with Crippen molar-refractivity contribution in [2.75, 3.05) is 6.61 Å². The molecular weight excluding hydrogens is 277 g/mol. The van der Waals surface area contributed by atoms with Gasteiger partial charge in [0.25, 0.3) is 0 Å². The van der Waals surface area contributed by atoms with Gasteiger partial charge in [-0.15, -0.1) is 0 Å². The largest absolute Gasteiger partial charge is 0.486 e. The number of hydrogen-bond donors (Lipinski definition) is 0. The van der Waals surface area contributed by atoms with Gasteiger partial charge in [-0.2, -0.15) is 0 Å². The number of rotatable bonds is 3.